The molecule has 2 unspecified atom stereocenters. The number of hydrogen-bond donors (Lipinski definition) is 1. The fraction of sp³-hybridized carbons (Fsp3) is 0.625. The number of phenols is 1. The van der Waals surface area contributed by atoms with Crippen LogP contribution in [0.15, 0.2) is 18.2 Å². The number of aromatic hydroxyl groups is 1. The maximum atomic E-state index is 13.1. The molecule has 0 amide bonds. The Morgan fingerprint density at radius 1 is 1.50 bits per heavy atom. The monoisotopic (exact) mass is 280 g/mol. The average molecular weight is 280 g/mol. The lowest BCUT2D eigenvalue weighted by Gasteiger charge is -2.31. The second-order valence-corrected chi connectivity index (χ2v) is 5.74. The zero-order chi connectivity index (χ0) is 14.7. The first-order valence-corrected chi connectivity index (χ1v) is 7.45. The van der Waals surface area contributed by atoms with Gasteiger partial charge in [0.05, 0.1) is 0 Å². The highest BCUT2D eigenvalue weighted by atomic mass is 19.1. The van der Waals surface area contributed by atoms with Gasteiger partial charge in [0.1, 0.15) is 11.6 Å². The smallest absolute Gasteiger partial charge is 0.126 e. The zero-order valence-electron chi connectivity index (χ0n) is 12.6. The molecule has 1 fully saturated rings. The molecule has 4 heteroatoms. The molecule has 1 N–H and O–H groups in total. The summed E-state index contributed by atoms with van der Waals surface area (Å²) < 4.78 is 13.1. The molecule has 0 aliphatic carbocycles. The van der Waals surface area contributed by atoms with Crippen LogP contribution in [0.25, 0.3) is 0 Å². The second kappa shape index (κ2) is 6.55. The van der Waals surface area contributed by atoms with Crippen LogP contribution in [-0.2, 0) is 0 Å². The SMILES string of the molecule is CCN1CCCC1CN(C)C(C)c1ccc(F)cc1O. The van der Waals surface area contributed by atoms with E-state index in [-0.39, 0.29) is 11.8 Å². The third-order valence-corrected chi connectivity index (χ3v) is 4.51. The van der Waals surface area contributed by atoms with E-state index in [0.29, 0.717) is 6.04 Å². The second-order valence-electron chi connectivity index (χ2n) is 5.74. The van der Waals surface area contributed by atoms with Crippen molar-refractivity contribution < 1.29 is 9.50 Å². The van der Waals surface area contributed by atoms with Gasteiger partial charge < -0.3 is 5.11 Å². The number of likely N-dealkylation sites (N-methyl/N-ethyl adjacent to an activating group) is 2. The highest BCUT2D eigenvalue weighted by Gasteiger charge is 2.26. The van der Waals surface area contributed by atoms with Crippen molar-refractivity contribution in [2.75, 3.05) is 26.7 Å². The Morgan fingerprint density at radius 3 is 2.90 bits per heavy atom. The number of likely N-dealkylation sites (tertiary alicyclic amines) is 1. The van der Waals surface area contributed by atoms with Gasteiger partial charge in [-0.2, -0.15) is 0 Å². The van der Waals surface area contributed by atoms with Crippen LogP contribution >= 0.6 is 0 Å². The van der Waals surface area contributed by atoms with Crippen LogP contribution < -0.4 is 0 Å². The summed E-state index contributed by atoms with van der Waals surface area (Å²) in [6.45, 7) is 7.51. The molecule has 2 atom stereocenters. The van der Waals surface area contributed by atoms with Crippen molar-refractivity contribution in [3.63, 3.8) is 0 Å². The van der Waals surface area contributed by atoms with Gasteiger partial charge in [0, 0.05) is 30.3 Å². The van der Waals surface area contributed by atoms with Crippen molar-refractivity contribution in [1.29, 1.82) is 0 Å². The van der Waals surface area contributed by atoms with Gasteiger partial charge in [0.25, 0.3) is 0 Å². The van der Waals surface area contributed by atoms with Crippen LogP contribution in [0.1, 0.15) is 38.3 Å². The van der Waals surface area contributed by atoms with Crippen molar-refractivity contribution in [1.82, 2.24) is 9.80 Å². The number of halogens is 1. The van der Waals surface area contributed by atoms with Gasteiger partial charge in [0.15, 0.2) is 0 Å². The molecule has 1 saturated heterocycles. The fourth-order valence-corrected chi connectivity index (χ4v) is 3.12. The number of hydrogen-bond acceptors (Lipinski definition) is 3. The Hall–Kier alpha value is -1.13. The minimum Gasteiger partial charge on any atom is -0.508 e. The number of benzene rings is 1. The summed E-state index contributed by atoms with van der Waals surface area (Å²) in [4.78, 5) is 4.75. The highest BCUT2D eigenvalue weighted by molar-refractivity contribution is 5.34. The predicted molar refractivity (Wildman–Crippen MR) is 79.4 cm³/mol. The van der Waals surface area contributed by atoms with Gasteiger partial charge in [-0.15, -0.1) is 0 Å². The lowest BCUT2D eigenvalue weighted by molar-refractivity contribution is 0.169. The molecule has 1 heterocycles. The molecule has 3 nitrogen and oxygen atoms in total. The van der Waals surface area contributed by atoms with Crippen molar-refractivity contribution in [2.45, 2.75) is 38.8 Å². The van der Waals surface area contributed by atoms with E-state index in [1.54, 1.807) is 6.07 Å². The van der Waals surface area contributed by atoms with Crippen LogP contribution in [0.3, 0.4) is 0 Å². The summed E-state index contributed by atoms with van der Waals surface area (Å²) >= 11 is 0. The molecule has 0 spiro atoms. The summed E-state index contributed by atoms with van der Waals surface area (Å²) in [6, 6.07) is 4.95. The van der Waals surface area contributed by atoms with E-state index < -0.39 is 5.82 Å². The van der Waals surface area contributed by atoms with Gasteiger partial charge in [-0.1, -0.05) is 13.0 Å². The lowest BCUT2D eigenvalue weighted by atomic mass is 10.0. The summed E-state index contributed by atoms with van der Waals surface area (Å²) in [6.07, 6.45) is 2.50. The first-order chi connectivity index (χ1) is 9.52. The van der Waals surface area contributed by atoms with Crippen LogP contribution in [0.2, 0.25) is 0 Å². The Bertz CT molecular complexity index is 452. The maximum absolute atomic E-state index is 13.1. The van der Waals surface area contributed by atoms with Gasteiger partial charge in [-0.3, -0.25) is 9.80 Å². The first kappa shape index (κ1) is 15.3. The van der Waals surface area contributed by atoms with Gasteiger partial charge >= 0.3 is 0 Å². The van der Waals surface area contributed by atoms with Gasteiger partial charge in [0.2, 0.25) is 0 Å². The van der Waals surface area contributed by atoms with Gasteiger partial charge in [-0.05, 0) is 46.0 Å². The van der Waals surface area contributed by atoms with Crippen LogP contribution in [-0.4, -0.2) is 47.6 Å². The lowest BCUT2D eigenvalue weighted by Crippen LogP contribution is -2.39. The Balaban J connectivity index is 2.02. The Morgan fingerprint density at radius 2 is 2.25 bits per heavy atom. The Kier molecular flexibility index (Phi) is 5.00. The zero-order valence-corrected chi connectivity index (χ0v) is 12.6. The predicted octanol–water partition coefficient (Wildman–Crippen LogP) is 3.01. The van der Waals surface area contributed by atoms with E-state index in [4.69, 9.17) is 0 Å². The highest BCUT2D eigenvalue weighted by Crippen LogP contribution is 2.29. The molecule has 0 aromatic heterocycles. The molecule has 2 rings (SSSR count). The summed E-state index contributed by atoms with van der Waals surface area (Å²) in [5, 5.41) is 9.89. The maximum Gasteiger partial charge on any atom is 0.126 e. The fourth-order valence-electron chi connectivity index (χ4n) is 3.12. The third-order valence-electron chi connectivity index (χ3n) is 4.51. The summed E-state index contributed by atoms with van der Waals surface area (Å²) in [5.41, 5.74) is 0.787. The molecule has 1 aliphatic heterocycles. The van der Waals surface area contributed by atoms with E-state index in [9.17, 15) is 9.50 Å². The van der Waals surface area contributed by atoms with E-state index in [1.807, 2.05) is 0 Å². The summed E-state index contributed by atoms with van der Waals surface area (Å²) in [5.74, 6) is -0.350. The van der Waals surface area contributed by atoms with Crippen LogP contribution in [0.5, 0.6) is 5.75 Å². The van der Waals surface area contributed by atoms with E-state index in [1.165, 1.54) is 31.5 Å². The molecule has 1 aliphatic rings. The minimum absolute atomic E-state index is 0.0446. The quantitative estimate of drug-likeness (QED) is 0.898. The van der Waals surface area contributed by atoms with E-state index >= 15 is 0 Å². The normalized spacial score (nSPS) is 21.6. The molecule has 1 aromatic rings. The van der Waals surface area contributed by atoms with Crippen molar-refractivity contribution >= 4 is 0 Å². The van der Waals surface area contributed by atoms with Crippen molar-refractivity contribution in [3.8, 4) is 5.75 Å². The van der Waals surface area contributed by atoms with Crippen LogP contribution in [0.4, 0.5) is 4.39 Å². The van der Waals surface area contributed by atoms with Crippen LogP contribution in [0, 0.1) is 5.82 Å². The molecule has 0 saturated carbocycles. The van der Waals surface area contributed by atoms with Crippen molar-refractivity contribution in [3.05, 3.63) is 29.6 Å². The molecule has 0 radical (unpaired) electrons. The van der Waals surface area contributed by atoms with E-state index in [0.717, 1.165) is 18.7 Å². The minimum atomic E-state index is -0.394. The molecule has 0 bridgehead atoms. The topological polar surface area (TPSA) is 26.7 Å². The number of nitrogens with zero attached hydrogens (tertiary/aromatic N) is 2. The molecular weight excluding hydrogens is 255 g/mol. The first-order valence-electron chi connectivity index (χ1n) is 7.45. The Labute approximate surface area is 121 Å². The summed E-state index contributed by atoms with van der Waals surface area (Å²) in [7, 11) is 2.07. The molecule has 20 heavy (non-hydrogen) atoms. The van der Waals surface area contributed by atoms with Crippen molar-refractivity contribution in [2.24, 2.45) is 0 Å². The van der Waals surface area contributed by atoms with Gasteiger partial charge in [-0.25, -0.2) is 4.39 Å². The molecule has 1 aromatic carbocycles. The largest absolute Gasteiger partial charge is 0.508 e. The standard InChI is InChI=1S/C16H25FN2O/c1-4-19-9-5-6-14(19)11-18(3)12(2)15-8-7-13(17)10-16(15)20/h7-8,10,12,14,20H,4-6,9,11H2,1-3H3. The average Bonchev–Trinajstić information content (AvgIpc) is 2.85. The third kappa shape index (κ3) is 3.30. The number of phenolic OH excluding ortho intramolecular Hbond substituents is 1. The molecule has 112 valence electrons. The van der Waals surface area contributed by atoms with E-state index in [2.05, 4.69) is 30.7 Å². The molecular formula is C16H25FN2O. The number of rotatable bonds is 5.